The first kappa shape index (κ1) is 12.0. The number of fused-ring (bicyclic) bond motifs is 1. The van der Waals surface area contributed by atoms with E-state index in [9.17, 15) is 9.59 Å². The Balaban J connectivity index is 2.59. The van der Waals surface area contributed by atoms with E-state index in [1.54, 1.807) is 10.6 Å². The summed E-state index contributed by atoms with van der Waals surface area (Å²) in [5.41, 5.74) is 2.38. The average molecular weight is 234 g/mol. The molecule has 92 valence electrons. The fourth-order valence-corrected chi connectivity index (χ4v) is 2.43. The number of aldehydes is 1. The van der Waals surface area contributed by atoms with Crippen LogP contribution in [0.25, 0.3) is 0 Å². The highest BCUT2D eigenvalue weighted by Crippen LogP contribution is 2.17. The maximum Gasteiger partial charge on any atom is 0.261 e. The summed E-state index contributed by atoms with van der Waals surface area (Å²) < 4.78 is 1.78. The number of hydrogen-bond acceptors (Lipinski definition) is 3. The van der Waals surface area contributed by atoms with Crippen LogP contribution in [0.1, 0.15) is 35.0 Å². The first-order chi connectivity index (χ1) is 8.17. The summed E-state index contributed by atoms with van der Waals surface area (Å²) in [6.07, 6.45) is 2.47. The highest BCUT2D eigenvalue weighted by atomic mass is 16.1. The Morgan fingerprint density at radius 3 is 2.88 bits per heavy atom. The van der Waals surface area contributed by atoms with Gasteiger partial charge in [-0.25, -0.2) is 0 Å². The molecule has 0 amide bonds. The maximum atomic E-state index is 12.1. The average Bonchev–Trinajstić information content (AvgIpc) is 2.32. The van der Waals surface area contributed by atoms with Crippen molar-refractivity contribution in [1.82, 2.24) is 9.47 Å². The van der Waals surface area contributed by atoms with E-state index < -0.39 is 0 Å². The van der Waals surface area contributed by atoms with Gasteiger partial charge in [0.05, 0.1) is 5.56 Å². The van der Waals surface area contributed by atoms with Gasteiger partial charge in [-0.1, -0.05) is 6.92 Å². The van der Waals surface area contributed by atoms with Crippen molar-refractivity contribution >= 4 is 6.29 Å². The molecule has 4 nitrogen and oxygen atoms in total. The second kappa shape index (κ2) is 4.84. The van der Waals surface area contributed by atoms with Gasteiger partial charge in [-0.2, -0.15) is 0 Å². The normalized spacial score (nSPS) is 15.6. The van der Waals surface area contributed by atoms with Crippen LogP contribution >= 0.6 is 0 Å². The Labute approximate surface area is 101 Å². The molecule has 0 aromatic carbocycles. The first-order valence-corrected chi connectivity index (χ1v) is 6.06. The molecule has 0 aliphatic carbocycles. The van der Waals surface area contributed by atoms with Crippen molar-refractivity contribution in [2.45, 2.75) is 32.9 Å². The van der Waals surface area contributed by atoms with Gasteiger partial charge in [0.1, 0.15) is 0 Å². The molecule has 0 bridgehead atoms. The van der Waals surface area contributed by atoms with Crippen molar-refractivity contribution in [2.75, 3.05) is 13.6 Å². The van der Waals surface area contributed by atoms with Crippen LogP contribution in [0.2, 0.25) is 0 Å². The summed E-state index contributed by atoms with van der Waals surface area (Å²) in [5, 5.41) is 0. The van der Waals surface area contributed by atoms with Crippen LogP contribution in [0, 0.1) is 0 Å². The van der Waals surface area contributed by atoms with Gasteiger partial charge in [-0.15, -0.1) is 0 Å². The van der Waals surface area contributed by atoms with Gasteiger partial charge in [0.2, 0.25) is 0 Å². The lowest BCUT2D eigenvalue weighted by Crippen LogP contribution is -2.35. The van der Waals surface area contributed by atoms with Gasteiger partial charge < -0.3 is 9.47 Å². The van der Waals surface area contributed by atoms with Crippen LogP contribution in [0.15, 0.2) is 10.9 Å². The Morgan fingerprint density at radius 1 is 1.47 bits per heavy atom. The minimum Gasteiger partial charge on any atom is -0.312 e. The molecule has 0 radical (unpaired) electrons. The summed E-state index contributed by atoms with van der Waals surface area (Å²) >= 11 is 0. The van der Waals surface area contributed by atoms with Crippen LogP contribution in [-0.2, 0) is 19.5 Å². The zero-order chi connectivity index (χ0) is 12.4. The lowest BCUT2D eigenvalue weighted by atomic mass is 10.0. The van der Waals surface area contributed by atoms with Gasteiger partial charge in [-0.3, -0.25) is 9.59 Å². The molecule has 2 rings (SSSR count). The number of hydrogen-bond donors (Lipinski definition) is 0. The van der Waals surface area contributed by atoms with Crippen molar-refractivity contribution in [3.05, 3.63) is 33.2 Å². The second-order valence-corrected chi connectivity index (χ2v) is 4.63. The quantitative estimate of drug-likeness (QED) is 0.734. The summed E-state index contributed by atoms with van der Waals surface area (Å²) in [4.78, 5) is 25.2. The van der Waals surface area contributed by atoms with E-state index in [0.29, 0.717) is 12.8 Å². The van der Waals surface area contributed by atoms with E-state index >= 15 is 0 Å². The summed E-state index contributed by atoms with van der Waals surface area (Å²) in [6, 6.07) is 1.76. The molecule has 1 aromatic rings. The molecule has 0 saturated carbocycles. The lowest BCUT2D eigenvalue weighted by Gasteiger charge is -2.27. The highest BCUT2D eigenvalue weighted by Gasteiger charge is 2.19. The number of likely N-dealkylation sites (N-methyl/N-ethyl adjacent to an activating group) is 1. The van der Waals surface area contributed by atoms with Gasteiger partial charge in [0.15, 0.2) is 6.29 Å². The van der Waals surface area contributed by atoms with E-state index in [0.717, 1.165) is 37.2 Å². The molecule has 0 atom stereocenters. The summed E-state index contributed by atoms with van der Waals surface area (Å²) in [7, 11) is 2.05. The number of nitrogens with zero attached hydrogens (tertiary/aromatic N) is 2. The van der Waals surface area contributed by atoms with Crippen molar-refractivity contribution in [3.63, 3.8) is 0 Å². The van der Waals surface area contributed by atoms with Crippen molar-refractivity contribution < 1.29 is 4.79 Å². The molecule has 0 spiro atoms. The standard InChI is InChI=1S/C13H18N2O2/c1-3-5-15-12-4-6-14(2)8-10(12)7-11(9-16)13(15)17/h7,9H,3-6,8H2,1-2H3. The van der Waals surface area contributed by atoms with Gasteiger partial charge in [0, 0.05) is 31.7 Å². The molecule has 0 unspecified atom stereocenters. The molecule has 1 aliphatic rings. The molecule has 2 heterocycles. The van der Waals surface area contributed by atoms with Crippen LogP contribution in [0.4, 0.5) is 0 Å². The minimum atomic E-state index is -0.134. The number of rotatable bonds is 3. The third kappa shape index (κ3) is 2.17. The first-order valence-electron chi connectivity index (χ1n) is 6.06. The Hall–Kier alpha value is -1.42. The molecular formula is C13H18N2O2. The minimum absolute atomic E-state index is 0.134. The summed E-state index contributed by atoms with van der Waals surface area (Å²) in [5.74, 6) is 0. The third-order valence-electron chi connectivity index (χ3n) is 3.26. The van der Waals surface area contributed by atoms with Gasteiger partial charge in [-0.05, 0) is 25.1 Å². The van der Waals surface area contributed by atoms with E-state index in [1.807, 2.05) is 6.92 Å². The second-order valence-electron chi connectivity index (χ2n) is 4.63. The Kier molecular flexibility index (Phi) is 3.43. The zero-order valence-corrected chi connectivity index (χ0v) is 10.4. The molecule has 0 fully saturated rings. The fraction of sp³-hybridized carbons (Fsp3) is 0.538. The lowest BCUT2D eigenvalue weighted by molar-refractivity contribution is 0.112. The largest absolute Gasteiger partial charge is 0.312 e. The summed E-state index contributed by atoms with van der Waals surface area (Å²) in [6.45, 7) is 4.53. The molecular weight excluding hydrogens is 216 g/mol. The third-order valence-corrected chi connectivity index (χ3v) is 3.26. The SMILES string of the molecule is CCCn1c2c(cc(C=O)c1=O)CN(C)CC2. The molecule has 17 heavy (non-hydrogen) atoms. The van der Waals surface area contributed by atoms with Crippen molar-refractivity contribution in [1.29, 1.82) is 0 Å². The van der Waals surface area contributed by atoms with E-state index in [4.69, 9.17) is 0 Å². The monoisotopic (exact) mass is 234 g/mol. The maximum absolute atomic E-state index is 12.1. The number of pyridine rings is 1. The zero-order valence-electron chi connectivity index (χ0n) is 10.4. The number of carbonyl (C=O) groups is 1. The molecule has 0 N–H and O–H groups in total. The number of carbonyl (C=O) groups excluding carboxylic acids is 1. The van der Waals surface area contributed by atoms with E-state index in [1.165, 1.54) is 0 Å². The van der Waals surface area contributed by atoms with Crippen LogP contribution < -0.4 is 5.56 Å². The van der Waals surface area contributed by atoms with Crippen LogP contribution in [0.3, 0.4) is 0 Å². The fourth-order valence-electron chi connectivity index (χ4n) is 2.43. The Morgan fingerprint density at radius 2 is 2.24 bits per heavy atom. The molecule has 1 aliphatic heterocycles. The Bertz CT molecular complexity index is 491. The molecule has 4 heteroatoms. The smallest absolute Gasteiger partial charge is 0.261 e. The van der Waals surface area contributed by atoms with Crippen molar-refractivity contribution in [3.8, 4) is 0 Å². The predicted octanol–water partition coefficient (Wildman–Crippen LogP) is 1.06. The molecule has 0 saturated heterocycles. The predicted molar refractivity (Wildman–Crippen MR) is 66.4 cm³/mol. The van der Waals surface area contributed by atoms with Crippen LogP contribution in [-0.4, -0.2) is 29.3 Å². The topological polar surface area (TPSA) is 42.3 Å². The van der Waals surface area contributed by atoms with Gasteiger partial charge in [0.25, 0.3) is 5.56 Å². The highest BCUT2D eigenvalue weighted by molar-refractivity contribution is 5.74. The van der Waals surface area contributed by atoms with Crippen molar-refractivity contribution in [2.24, 2.45) is 0 Å². The van der Waals surface area contributed by atoms with E-state index in [-0.39, 0.29) is 11.1 Å². The van der Waals surface area contributed by atoms with Gasteiger partial charge >= 0.3 is 0 Å². The van der Waals surface area contributed by atoms with E-state index in [2.05, 4.69) is 11.9 Å². The van der Waals surface area contributed by atoms with Crippen LogP contribution in [0.5, 0.6) is 0 Å². The molecule has 1 aromatic heterocycles. The number of aromatic nitrogens is 1.